The fraction of sp³-hybridized carbons (Fsp3) is 0.533. The molecule has 1 saturated heterocycles. The highest BCUT2D eigenvalue weighted by molar-refractivity contribution is 5.44. The van der Waals surface area contributed by atoms with Crippen LogP contribution in [-0.4, -0.2) is 18.3 Å². The van der Waals surface area contributed by atoms with Gasteiger partial charge in [-0.25, -0.2) is 0 Å². The molecule has 0 aromatic heterocycles. The van der Waals surface area contributed by atoms with Crippen LogP contribution < -0.4 is 4.74 Å². The van der Waals surface area contributed by atoms with Crippen LogP contribution in [0.1, 0.15) is 37.8 Å². The van der Waals surface area contributed by atoms with Crippen molar-refractivity contribution in [1.82, 2.24) is 0 Å². The summed E-state index contributed by atoms with van der Waals surface area (Å²) >= 11 is 0. The molecule has 0 spiro atoms. The molecule has 0 saturated carbocycles. The smallest absolute Gasteiger partial charge is 0.417 e. The summed E-state index contributed by atoms with van der Waals surface area (Å²) in [5.41, 5.74) is -1.36. The normalized spacial score (nSPS) is 26.2. The second-order valence-electron chi connectivity index (χ2n) is 5.29. The summed E-state index contributed by atoms with van der Waals surface area (Å²) in [5, 5.41) is 8.76. The molecule has 0 bridgehead atoms. The van der Waals surface area contributed by atoms with Crippen LogP contribution in [0.25, 0.3) is 0 Å². The van der Waals surface area contributed by atoms with Crippen molar-refractivity contribution in [2.24, 2.45) is 0 Å². The van der Waals surface area contributed by atoms with E-state index in [-0.39, 0.29) is 24.1 Å². The second kappa shape index (κ2) is 5.94. The number of ether oxygens (including phenoxy) is 2. The lowest BCUT2D eigenvalue weighted by Crippen LogP contribution is -2.35. The van der Waals surface area contributed by atoms with Crippen molar-refractivity contribution in [3.63, 3.8) is 0 Å². The van der Waals surface area contributed by atoms with Gasteiger partial charge in [0.15, 0.2) is 0 Å². The van der Waals surface area contributed by atoms with Crippen molar-refractivity contribution in [2.75, 3.05) is 0 Å². The fourth-order valence-electron chi connectivity index (χ4n) is 2.56. The number of hydrogen-bond acceptors (Lipinski definition) is 3. The number of alkyl halides is 3. The fourth-order valence-corrected chi connectivity index (χ4v) is 2.56. The first-order chi connectivity index (χ1) is 9.79. The summed E-state index contributed by atoms with van der Waals surface area (Å²) in [7, 11) is 0. The summed E-state index contributed by atoms with van der Waals surface area (Å²) in [6.45, 7) is 3.82. The minimum atomic E-state index is -4.57. The van der Waals surface area contributed by atoms with Gasteiger partial charge < -0.3 is 9.47 Å². The Kier molecular flexibility index (Phi) is 4.43. The molecule has 2 unspecified atom stereocenters. The lowest BCUT2D eigenvalue weighted by Gasteiger charge is -2.32. The van der Waals surface area contributed by atoms with E-state index in [4.69, 9.17) is 14.7 Å². The molecule has 3 nitrogen and oxygen atoms in total. The standard InChI is InChI=1S/C15H16F3NO2/c1-9-5-13(6-10(2)20-9)21-12-4-3-11(8-19)14(7-12)15(16,17)18/h3-4,7,9-10,13H,5-6H2,1-2H3. The average Bonchev–Trinajstić information content (AvgIpc) is 2.36. The van der Waals surface area contributed by atoms with Crippen LogP contribution in [0.4, 0.5) is 13.2 Å². The Balaban J connectivity index is 2.20. The van der Waals surface area contributed by atoms with Gasteiger partial charge in [-0.05, 0) is 32.0 Å². The van der Waals surface area contributed by atoms with E-state index in [9.17, 15) is 13.2 Å². The molecule has 1 aliphatic rings. The zero-order chi connectivity index (χ0) is 15.6. The van der Waals surface area contributed by atoms with E-state index in [0.29, 0.717) is 12.8 Å². The van der Waals surface area contributed by atoms with Crippen LogP contribution >= 0.6 is 0 Å². The van der Waals surface area contributed by atoms with Gasteiger partial charge in [0.1, 0.15) is 11.9 Å². The van der Waals surface area contributed by atoms with Crippen LogP contribution in [0.15, 0.2) is 18.2 Å². The number of rotatable bonds is 2. The van der Waals surface area contributed by atoms with Gasteiger partial charge in [0.2, 0.25) is 0 Å². The number of hydrogen-bond donors (Lipinski definition) is 0. The van der Waals surface area contributed by atoms with E-state index in [0.717, 1.165) is 12.1 Å². The molecule has 2 rings (SSSR count). The average molecular weight is 299 g/mol. The zero-order valence-corrected chi connectivity index (χ0v) is 11.8. The Hall–Kier alpha value is -1.74. The van der Waals surface area contributed by atoms with Gasteiger partial charge in [-0.1, -0.05) is 0 Å². The maximum atomic E-state index is 12.9. The lowest BCUT2D eigenvalue weighted by atomic mass is 10.0. The molecule has 1 aromatic carbocycles. The van der Waals surface area contributed by atoms with Gasteiger partial charge in [0.05, 0.1) is 29.4 Å². The van der Waals surface area contributed by atoms with Crippen molar-refractivity contribution in [1.29, 1.82) is 5.26 Å². The molecule has 21 heavy (non-hydrogen) atoms. The molecule has 114 valence electrons. The Morgan fingerprint density at radius 3 is 2.38 bits per heavy atom. The van der Waals surface area contributed by atoms with Crippen LogP contribution in [0.5, 0.6) is 5.75 Å². The minimum absolute atomic E-state index is 0.0132. The molecule has 1 aromatic rings. The summed E-state index contributed by atoms with van der Waals surface area (Å²) in [4.78, 5) is 0. The van der Waals surface area contributed by atoms with Gasteiger partial charge in [0, 0.05) is 12.8 Å². The first-order valence-corrected chi connectivity index (χ1v) is 6.73. The molecule has 0 aliphatic carbocycles. The van der Waals surface area contributed by atoms with E-state index >= 15 is 0 Å². The molecule has 1 aliphatic heterocycles. The van der Waals surface area contributed by atoms with Crippen molar-refractivity contribution in [2.45, 2.75) is 51.2 Å². The third kappa shape index (κ3) is 3.88. The Morgan fingerprint density at radius 1 is 1.24 bits per heavy atom. The third-order valence-electron chi connectivity index (χ3n) is 3.37. The topological polar surface area (TPSA) is 42.2 Å². The van der Waals surface area contributed by atoms with Crippen molar-refractivity contribution >= 4 is 0 Å². The van der Waals surface area contributed by atoms with Crippen LogP contribution in [-0.2, 0) is 10.9 Å². The molecule has 0 radical (unpaired) electrons. The molecule has 1 fully saturated rings. The first-order valence-electron chi connectivity index (χ1n) is 6.73. The second-order valence-corrected chi connectivity index (χ2v) is 5.29. The van der Waals surface area contributed by atoms with E-state index in [1.54, 1.807) is 6.07 Å². The predicted molar refractivity (Wildman–Crippen MR) is 69.8 cm³/mol. The van der Waals surface area contributed by atoms with Crippen molar-refractivity contribution in [3.05, 3.63) is 29.3 Å². The molecule has 0 N–H and O–H groups in total. The molecule has 1 heterocycles. The van der Waals surface area contributed by atoms with Crippen LogP contribution in [0.3, 0.4) is 0 Å². The van der Waals surface area contributed by atoms with Gasteiger partial charge in [-0.2, -0.15) is 18.4 Å². The van der Waals surface area contributed by atoms with E-state index < -0.39 is 17.3 Å². The van der Waals surface area contributed by atoms with Crippen molar-refractivity contribution in [3.8, 4) is 11.8 Å². The number of benzene rings is 1. The Bertz CT molecular complexity index is 541. The first kappa shape index (κ1) is 15.6. The summed E-state index contributed by atoms with van der Waals surface area (Å²) < 4.78 is 49.9. The number of halogens is 3. The largest absolute Gasteiger partial charge is 0.490 e. The third-order valence-corrected chi connectivity index (χ3v) is 3.37. The SMILES string of the molecule is CC1CC(Oc2ccc(C#N)c(C(F)(F)F)c2)CC(C)O1. The molecule has 0 amide bonds. The molecule has 6 heteroatoms. The summed E-state index contributed by atoms with van der Waals surface area (Å²) in [6.07, 6.45) is -3.46. The van der Waals surface area contributed by atoms with E-state index in [2.05, 4.69) is 0 Å². The molecular weight excluding hydrogens is 283 g/mol. The monoisotopic (exact) mass is 299 g/mol. The highest BCUT2D eigenvalue weighted by Crippen LogP contribution is 2.35. The van der Waals surface area contributed by atoms with Crippen molar-refractivity contribution < 1.29 is 22.6 Å². The van der Waals surface area contributed by atoms with Gasteiger partial charge in [-0.3, -0.25) is 0 Å². The van der Waals surface area contributed by atoms with Gasteiger partial charge >= 0.3 is 6.18 Å². The van der Waals surface area contributed by atoms with Gasteiger partial charge in [-0.15, -0.1) is 0 Å². The van der Waals surface area contributed by atoms with Crippen LogP contribution in [0.2, 0.25) is 0 Å². The summed E-state index contributed by atoms with van der Waals surface area (Å²) in [6, 6.07) is 4.99. The van der Waals surface area contributed by atoms with Gasteiger partial charge in [0.25, 0.3) is 0 Å². The molecular formula is C15H16F3NO2. The highest BCUT2D eigenvalue weighted by Gasteiger charge is 2.34. The van der Waals surface area contributed by atoms with E-state index in [1.807, 2.05) is 13.8 Å². The Morgan fingerprint density at radius 2 is 1.86 bits per heavy atom. The minimum Gasteiger partial charge on any atom is -0.490 e. The highest BCUT2D eigenvalue weighted by atomic mass is 19.4. The molecule has 2 atom stereocenters. The number of nitriles is 1. The maximum absolute atomic E-state index is 12.9. The predicted octanol–water partition coefficient (Wildman–Crippen LogP) is 3.91. The maximum Gasteiger partial charge on any atom is 0.417 e. The van der Waals surface area contributed by atoms with Crippen LogP contribution in [0, 0.1) is 11.3 Å². The Labute approximate surface area is 121 Å². The quantitative estimate of drug-likeness (QED) is 0.831. The number of nitrogens with zero attached hydrogens (tertiary/aromatic N) is 1. The van der Waals surface area contributed by atoms with E-state index in [1.165, 1.54) is 6.07 Å². The lowest BCUT2D eigenvalue weighted by molar-refractivity contribution is -0.138. The summed E-state index contributed by atoms with van der Waals surface area (Å²) in [5.74, 6) is 0.132. The zero-order valence-electron chi connectivity index (χ0n) is 11.8.